The van der Waals surface area contributed by atoms with E-state index in [2.05, 4.69) is 32.7 Å². The predicted molar refractivity (Wildman–Crippen MR) is 97.2 cm³/mol. The van der Waals surface area contributed by atoms with Gasteiger partial charge in [0.2, 0.25) is 0 Å². The molecule has 3 rings (SSSR count). The van der Waals surface area contributed by atoms with Crippen LogP contribution in [0.5, 0.6) is 0 Å². The van der Waals surface area contributed by atoms with Crippen LogP contribution in [0.25, 0.3) is 0 Å². The molecule has 0 saturated carbocycles. The van der Waals surface area contributed by atoms with Crippen LogP contribution < -0.4 is 10.6 Å². The second-order valence-corrected chi connectivity index (χ2v) is 6.01. The molecule has 2 N–H and O–H groups in total. The third-order valence-electron chi connectivity index (χ3n) is 4.09. The van der Waals surface area contributed by atoms with Gasteiger partial charge in [0.1, 0.15) is 11.9 Å². The summed E-state index contributed by atoms with van der Waals surface area (Å²) >= 11 is 0. The molecule has 1 aromatic heterocycles. The molecule has 2 aromatic rings. The molecule has 1 aliphatic heterocycles. The van der Waals surface area contributed by atoms with Crippen molar-refractivity contribution in [3.63, 3.8) is 0 Å². The number of ether oxygens (including phenoxy) is 1. The first-order valence-electron chi connectivity index (χ1n) is 8.62. The number of anilines is 1. The second-order valence-electron chi connectivity index (χ2n) is 6.01. The van der Waals surface area contributed by atoms with Crippen molar-refractivity contribution in [1.29, 1.82) is 0 Å². The Hall–Kier alpha value is -2.44. The third kappa shape index (κ3) is 5.55. The fraction of sp³-hybridized carbons (Fsp3) is 0.368. The van der Waals surface area contributed by atoms with E-state index in [1.165, 1.54) is 5.56 Å². The lowest BCUT2D eigenvalue weighted by Crippen LogP contribution is -2.50. The van der Waals surface area contributed by atoms with Gasteiger partial charge in [-0.25, -0.2) is 4.98 Å². The fourth-order valence-electron chi connectivity index (χ4n) is 2.80. The lowest BCUT2D eigenvalue weighted by molar-refractivity contribution is -0.138. The van der Waals surface area contributed by atoms with Gasteiger partial charge in [-0.05, 0) is 17.7 Å². The number of hydrogen-bond donors (Lipinski definition) is 2. The maximum atomic E-state index is 12.3. The molecule has 1 fully saturated rings. The minimum Gasteiger partial charge on any atom is -0.368 e. The van der Waals surface area contributed by atoms with Gasteiger partial charge in [-0.15, -0.1) is 0 Å². The Kier molecular flexibility index (Phi) is 6.36. The monoisotopic (exact) mass is 340 g/mol. The van der Waals surface area contributed by atoms with Gasteiger partial charge in [0.15, 0.2) is 0 Å². The van der Waals surface area contributed by atoms with Gasteiger partial charge in [-0.1, -0.05) is 36.4 Å². The molecule has 2 heterocycles. The molecule has 0 spiro atoms. The van der Waals surface area contributed by atoms with E-state index in [1.807, 2.05) is 36.4 Å². The highest BCUT2D eigenvalue weighted by atomic mass is 16.5. The number of amides is 1. The summed E-state index contributed by atoms with van der Waals surface area (Å²) < 4.78 is 5.64. The van der Waals surface area contributed by atoms with Crippen LogP contribution in [-0.4, -0.2) is 54.7 Å². The van der Waals surface area contributed by atoms with E-state index in [4.69, 9.17) is 4.74 Å². The lowest BCUT2D eigenvalue weighted by Gasteiger charge is -2.32. The number of morpholine rings is 1. The topological polar surface area (TPSA) is 66.5 Å². The summed E-state index contributed by atoms with van der Waals surface area (Å²) in [4.78, 5) is 18.7. The smallest absolute Gasteiger partial charge is 0.250 e. The summed E-state index contributed by atoms with van der Waals surface area (Å²) in [5.74, 6) is 0.750. The molecule has 6 heteroatoms. The molecule has 132 valence electrons. The average Bonchev–Trinajstić information content (AvgIpc) is 2.67. The van der Waals surface area contributed by atoms with Crippen LogP contribution in [0.1, 0.15) is 5.56 Å². The van der Waals surface area contributed by atoms with Gasteiger partial charge in [0, 0.05) is 38.9 Å². The molecule has 1 saturated heterocycles. The molecular formula is C19H24N4O2. The zero-order valence-corrected chi connectivity index (χ0v) is 14.2. The number of pyridine rings is 1. The van der Waals surface area contributed by atoms with Gasteiger partial charge < -0.3 is 15.4 Å². The molecule has 1 aromatic carbocycles. The van der Waals surface area contributed by atoms with Crippen LogP contribution in [0.4, 0.5) is 5.82 Å². The average molecular weight is 340 g/mol. The molecule has 1 unspecified atom stereocenters. The maximum Gasteiger partial charge on any atom is 0.250 e. The highest BCUT2D eigenvalue weighted by Gasteiger charge is 2.26. The highest BCUT2D eigenvalue weighted by Crippen LogP contribution is 2.10. The zero-order chi connectivity index (χ0) is 17.3. The number of nitrogens with one attached hydrogen (secondary N) is 2. The van der Waals surface area contributed by atoms with E-state index >= 15 is 0 Å². The number of carbonyl (C=O) groups excluding carboxylic acids is 1. The van der Waals surface area contributed by atoms with Crippen molar-refractivity contribution >= 4 is 11.7 Å². The van der Waals surface area contributed by atoms with E-state index in [0.717, 1.165) is 18.9 Å². The number of hydrogen-bond acceptors (Lipinski definition) is 5. The van der Waals surface area contributed by atoms with E-state index in [9.17, 15) is 4.79 Å². The van der Waals surface area contributed by atoms with Crippen LogP contribution in [0.15, 0.2) is 54.7 Å². The summed E-state index contributed by atoms with van der Waals surface area (Å²) in [5, 5.41) is 6.09. The van der Waals surface area contributed by atoms with Crippen LogP contribution in [-0.2, 0) is 16.1 Å². The zero-order valence-electron chi connectivity index (χ0n) is 14.2. The number of carbonyl (C=O) groups is 1. The van der Waals surface area contributed by atoms with Crippen LogP contribution in [0, 0.1) is 0 Å². The van der Waals surface area contributed by atoms with Gasteiger partial charge in [0.05, 0.1) is 6.61 Å². The minimum atomic E-state index is -0.410. The Bertz CT molecular complexity index is 651. The Morgan fingerprint density at radius 2 is 2.00 bits per heavy atom. The normalized spacial score (nSPS) is 17.8. The molecule has 6 nitrogen and oxygen atoms in total. The van der Waals surface area contributed by atoms with Crippen LogP contribution in [0.2, 0.25) is 0 Å². The Balaban J connectivity index is 1.39. The molecule has 0 radical (unpaired) electrons. The quantitative estimate of drug-likeness (QED) is 0.748. The lowest BCUT2D eigenvalue weighted by atomic mass is 10.2. The van der Waals surface area contributed by atoms with Gasteiger partial charge in [0.25, 0.3) is 5.91 Å². The van der Waals surface area contributed by atoms with Gasteiger partial charge in [-0.2, -0.15) is 0 Å². The number of rotatable bonds is 7. The summed E-state index contributed by atoms with van der Waals surface area (Å²) in [6, 6.07) is 16.0. The number of benzene rings is 1. The molecule has 0 bridgehead atoms. The van der Waals surface area contributed by atoms with Crippen molar-refractivity contribution in [3.05, 3.63) is 60.3 Å². The SMILES string of the molecule is O=C(NCCNc1ccccn1)C1CN(Cc2ccccc2)CCO1. The summed E-state index contributed by atoms with van der Waals surface area (Å²) in [7, 11) is 0. The standard InChI is InChI=1S/C19H24N4O2/c24-19(22-11-10-21-18-8-4-5-9-20-18)17-15-23(12-13-25-17)14-16-6-2-1-3-7-16/h1-9,17H,10-15H2,(H,20,21)(H,22,24). The summed E-state index contributed by atoms with van der Waals surface area (Å²) in [6.45, 7) is 4.05. The second kappa shape index (κ2) is 9.15. The first-order valence-corrected chi connectivity index (χ1v) is 8.62. The first-order chi connectivity index (χ1) is 12.3. The van der Waals surface area contributed by atoms with Crippen LogP contribution >= 0.6 is 0 Å². The van der Waals surface area contributed by atoms with Crippen molar-refractivity contribution < 1.29 is 9.53 Å². The largest absolute Gasteiger partial charge is 0.368 e. The minimum absolute atomic E-state index is 0.0550. The molecule has 1 amide bonds. The van der Waals surface area contributed by atoms with Gasteiger partial charge in [-0.3, -0.25) is 9.69 Å². The van der Waals surface area contributed by atoms with Crippen molar-refractivity contribution in [2.45, 2.75) is 12.6 Å². The van der Waals surface area contributed by atoms with E-state index < -0.39 is 6.10 Å². The highest BCUT2D eigenvalue weighted by molar-refractivity contribution is 5.81. The fourth-order valence-corrected chi connectivity index (χ4v) is 2.80. The van der Waals surface area contributed by atoms with Crippen LogP contribution in [0.3, 0.4) is 0 Å². The van der Waals surface area contributed by atoms with E-state index in [-0.39, 0.29) is 5.91 Å². The Morgan fingerprint density at radius 3 is 2.80 bits per heavy atom. The third-order valence-corrected chi connectivity index (χ3v) is 4.09. The molecule has 1 atom stereocenters. The Morgan fingerprint density at radius 1 is 1.16 bits per heavy atom. The maximum absolute atomic E-state index is 12.3. The van der Waals surface area contributed by atoms with Gasteiger partial charge >= 0.3 is 0 Å². The first kappa shape index (κ1) is 17.4. The number of aromatic nitrogens is 1. The molecule has 1 aliphatic rings. The van der Waals surface area contributed by atoms with E-state index in [0.29, 0.717) is 26.2 Å². The van der Waals surface area contributed by atoms with Crippen molar-refractivity contribution in [3.8, 4) is 0 Å². The Labute approximate surface area is 148 Å². The number of nitrogens with zero attached hydrogens (tertiary/aromatic N) is 2. The molecule has 0 aliphatic carbocycles. The van der Waals surface area contributed by atoms with Crippen molar-refractivity contribution in [1.82, 2.24) is 15.2 Å². The molecule has 25 heavy (non-hydrogen) atoms. The van der Waals surface area contributed by atoms with E-state index in [1.54, 1.807) is 6.20 Å². The predicted octanol–water partition coefficient (Wildman–Crippen LogP) is 1.51. The summed E-state index contributed by atoms with van der Waals surface area (Å²) in [5.41, 5.74) is 1.25. The molecular weight excluding hydrogens is 316 g/mol. The van der Waals surface area contributed by atoms with Crippen molar-refractivity contribution in [2.75, 3.05) is 38.1 Å². The van der Waals surface area contributed by atoms with Crippen molar-refractivity contribution in [2.24, 2.45) is 0 Å². The summed E-state index contributed by atoms with van der Waals surface area (Å²) in [6.07, 6.45) is 1.32.